The molecule has 0 atom stereocenters. The van der Waals surface area contributed by atoms with Crippen LogP contribution in [0.1, 0.15) is 24.0 Å². The Kier molecular flexibility index (Phi) is 5.02. The molecule has 0 saturated carbocycles. The van der Waals surface area contributed by atoms with Gasteiger partial charge in [0, 0.05) is 17.7 Å². The van der Waals surface area contributed by atoms with Gasteiger partial charge in [0.2, 0.25) is 0 Å². The summed E-state index contributed by atoms with van der Waals surface area (Å²) in [5.74, 6) is 0.781. The second-order valence-electron chi connectivity index (χ2n) is 6.62. The van der Waals surface area contributed by atoms with Crippen molar-refractivity contribution < 1.29 is 13.2 Å². The largest absolute Gasteiger partial charge is 0.416 e. The molecule has 4 rings (SSSR count). The molecule has 146 valence electrons. The van der Waals surface area contributed by atoms with E-state index in [1.807, 2.05) is 6.07 Å². The molecule has 0 fully saturated rings. The summed E-state index contributed by atoms with van der Waals surface area (Å²) in [5, 5.41) is 8.90. The average molecular weight is 426 g/mol. The molecule has 1 N–H and O–H groups in total. The topological polar surface area (TPSA) is 29.9 Å². The van der Waals surface area contributed by atoms with Crippen LogP contribution in [-0.4, -0.2) is 16.3 Å². The Hall–Kier alpha value is -2.18. The maximum Gasteiger partial charge on any atom is 0.416 e. The lowest BCUT2D eigenvalue weighted by Gasteiger charge is -2.11. The molecular weight excluding hydrogens is 410 g/mol. The van der Waals surface area contributed by atoms with Crippen molar-refractivity contribution in [2.24, 2.45) is 0 Å². The summed E-state index contributed by atoms with van der Waals surface area (Å²) in [6.07, 6.45) is -1.62. The number of hydrogen-bond acceptors (Lipinski definition) is 2. The molecule has 1 aliphatic rings. The van der Waals surface area contributed by atoms with E-state index >= 15 is 0 Å². The van der Waals surface area contributed by atoms with Crippen LogP contribution < -0.4 is 5.32 Å². The van der Waals surface area contributed by atoms with Crippen LogP contribution in [0.2, 0.25) is 10.0 Å². The molecule has 2 heterocycles. The molecule has 0 aliphatic carbocycles. The number of nitrogens with one attached hydrogen (secondary N) is 1. The zero-order valence-electron chi connectivity index (χ0n) is 14.7. The Balaban J connectivity index is 1.87. The van der Waals surface area contributed by atoms with Gasteiger partial charge >= 0.3 is 6.18 Å². The van der Waals surface area contributed by atoms with E-state index in [2.05, 4.69) is 5.32 Å². The first kappa shape index (κ1) is 19.2. The first-order valence-electron chi connectivity index (χ1n) is 8.84. The van der Waals surface area contributed by atoms with E-state index in [9.17, 15) is 13.2 Å². The van der Waals surface area contributed by atoms with Gasteiger partial charge in [0.1, 0.15) is 5.82 Å². The average Bonchev–Trinajstić information content (AvgIpc) is 2.84. The van der Waals surface area contributed by atoms with Gasteiger partial charge in [0.05, 0.1) is 27.0 Å². The Morgan fingerprint density at radius 1 is 1.00 bits per heavy atom. The molecule has 0 amide bonds. The zero-order valence-corrected chi connectivity index (χ0v) is 16.2. The minimum Gasteiger partial charge on any atom is -0.370 e. The second-order valence-corrected chi connectivity index (χ2v) is 7.40. The fourth-order valence-electron chi connectivity index (χ4n) is 3.38. The fraction of sp³-hybridized carbons (Fsp3) is 0.250. The summed E-state index contributed by atoms with van der Waals surface area (Å²) in [6.45, 7) is 0.766. The van der Waals surface area contributed by atoms with Crippen molar-refractivity contribution in [3.8, 4) is 16.9 Å². The third-order valence-electron chi connectivity index (χ3n) is 4.78. The number of halogens is 5. The van der Waals surface area contributed by atoms with Crippen molar-refractivity contribution in [3.05, 3.63) is 63.6 Å². The summed E-state index contributed by atoms with van der Waals surface area (Å²) < 4.78 is 40.3. The van der Waals surface area contributed by atoms with Crippen LogP contribution in [0.4, 0.5) is 19.0 Å². The lowest BCUT2D eigenvalue weighted by molar-refractivity contribution is -0.137. The Bertz CT molecular complexity index is 1010. The fourth-order valence-corrected chi connectivity index (χ4v) is 3.77. The van der Waals surface area contributed by atoms with E-state index in [0.717, 1.165) is 49.3 Å². The van der Waals surface area contributed by atoms with Crippen molar-refractivity contribution in [1.82, 2.24) is 9.78 Å². The Morgan fingerprint density at radius 2 is 1.75 bits per heavy atom. The third kappa shape index (κ3) is 3.47. The number of hydrogen-bond donors (Lipinski definition) is 1. The van der Waals surface area contributed by atoms with Crippen molar-refractivity contribution in [2.75, 3.05) is 11.9 Å². The van der Waals surface area contributed by atoms with Gasteiger partial charge in [-0.25, -0.2) is 4.68 Å². The second kappa shape index (κ2) is 7.33. The summed E-state index contributed by atoms with van der Waals surface area (Å²) >= 11 is 12.6. The molecule has 8 heteroatoms. The number of alkyl halides is 3. The van der Waals surface area contributed by atoms with Crippen molar-refractivity contribution in [1.29, 1.82) is 0 Å². The van der Waals surface area contributed by atoms with Gasteiger partial charge in [-0.2, -0.15) is 18.3 Å². The highest BCUT2D eigenvalue weighted by atomic mass is 35.5. The monoisotopic (exact) mass is 425 g/mol. The normalized spacial score (nSPS) is 14.3. The predicted octanol–water partition coefficient (Wildman–Crippen LogP) is 6.61. The Morgan fingerprint density at radius 3 is 2.46 bits per heavy atom. The first-order valence-corrected chi connectivity index (χ1v) is 9.59. The number of nitrogens with zero attached hydrogens (tertiary/aromatic N) is 2. The van der Waals surface area contributed by atoms with Crippen molar-refractivity contribution in [2.45, 2.75) is 25.4 Å². The van der Waals surface area contributed by atoms with E-state index in [1.165, 1.54) is 12.1 Å². The lowest BCUT2D eigenvalue weighted by Crippen LogP contribution is -2.08. The van der Waals surface area contributed by atoms with Gasteiger partial charge < -0.3 is 5.32 Å². The van der Waals surface area contributed by atoms with E-state index in [4.69, 9.17) is 28.3 Å². The predicted molar refractivity (Wildman–Crippen MR) is 105 cm³/mol. The summed E-state index contributed by atoms with van der Waals surface area (Å²) in [5.41, 5.74) is 2.24. The molecule has 1 aromatic heterocycles. The van der Waals surface area contributed by atoms with Crippen molar-refractivity contribution in [3.63, 3.8) is 0 Å². The van der Waals surface area contributed by atoms with Crippen LogP contribution in [0.3, 0.4) is 0 Å². The molecule has 3 aromatic rings. The number of anilines is 1. The highest BCUT2D eigenvalue weighted by Gasteiger charge is 2.30. The smallest absolute Gasteiger partial charge is 0.370 e. The minimum atomic E-state index is -4.38. The number of fused-ring (bicyclic) bond motifs is 1. The minimum absolute atomic E-state index is 0.410. The molecule has 0 bridgehead atoms. The number of rotatable bonds is 2. The van der Waals surface area contributed by atoms with Crippen LogP contribution in [0.25, 0.3) is 16.9 Å². The maximum atomic E-state index is 12.9. The van der Waals surface area contributed by atoms with Gasteiger partial charge in [-0.15, -0.1) is 0 Å². The molecule has 0 saturated heterocycles. The van der Waals surface area contributed by atoms with Crippen LogP contribution in [-0.2, 0) is 12.6 Å². The summed E-state index contributed by atoms with van der Waals surface area (Å²) in [6, 6.07) is 10.3. The number of aromatic nitrogens is 2. The van der Waals surface area contributed by atoms with E-state index in [1.54, 1.807) is 16.8 Å². The summed E-state index contributed by atoms with van der Waals surface area (Å²) in [4.78, 5) is 0. The highest BCUT2D eigenvalue weighted by molar-refractivity contribution is 6.43. The molecule has 0 spiro atoms. The highest BCUT2D eigenvalue weighted by Crippen LogP contribution is 2.39. The van der Waals surface area contributed by atoms with Gasteiger partial charge in [0.15, 0.2) is 0 Å². The first-order chi connectivity index (χ1) is 13.4. The zero-order chi connectivity index (χ0) is 19.9. The van der Waals surface area contributed by atoms with Crippen LogP contribution in [0, 0.1) is 0 Å². The quantitative estimate of drug-likeness (QED) is 0.500. The van der Waals surface area contributed by atoms with E-state index in [0.29, 0.717) is 27.0 Å². The van der Waals surface area contributed by atoms with Gasteiger partial charge in [0.25, 0.3) is 0 Å². The molecule has 3 nitrogen and oxygen atoms in total. The number of benzene rings is 2. The maximum absolute atomic E-state index is 12.9. The lowest BCUT2D eigenvalue weighted by atomic mass is 10.0. The molecule has 1 aliphatic heterocycles. The van der Waals surface area contributed by atoms with Crippen LogP contribution in [0.15, 0.2) is 42.5 Å². The van der Waals surface area contributed by atoms with Crippen LogP contribution in [0.5, 0.6) is 0 Å². The molecule has 2 aromatic carbocycles. The SMILES string of the molecule is FC(F)(F)c1ccc(-n2nc(-c3cccc(Cl)c3Cl)c3c2NCCCC3)cc1. The van der Waals surface area contributed by atoms with Crippen molar-refractivity contribution >= 4 is 29.0 Å². The van der Waals surface area contributed by atoms with E-state index < -0.39 is 11.7 Å². The van der Waals surface area contributed by atoms with Gasteiger partial charge in [-0.05, 0) is 49.6 Å². The van der Waals surface area contributed by atoms with Gasteiger partial charge in [-0.1, -0.05) is 35.3 Å². The molecule has 28 heavy (non-hydrogen) atoms. The van der Waals surface area contributed by atoms with E-state index in [-0.39, 0.29) is 0 Å². The molecule has 0 unspecified atom stereocenters. The summed E-state index contributed by atoms with van der Waals surface area (Å²) in [7, 11) is 0. The van der Waals surface area contributed by atoms with Gasteiger partial charge in [-0.3, -0.25) is 0 Å². The Labute approximate surface area is 170 Å². The standard InChI is InChI=1S/C20H16Cl2F3N3/c21-16-6-3-5-14(17(16)22)18-15-4-1-2-11-26-19(15)28(27-18)13-9-7-12(8-10-13)20(23,24)25/h3,5-10,26H,1-2,4,11H2. The molecule has 0 radical (unpaired) electrons. The van der Waals surface area contributed by atoms with Crippen LogP contribution >= 0.6 is 23.2 Å². The third-order valence-corrected chi connectivity index (χ3v) is 5.59. The molecular formula is C20H16Cl2F3N3.